The summed E-state index contributed by atoms with van der Waals surface area (Å²) in [6.07, 6.45) is 1.58. The number of H-pyrrole nitrogens is 1. The zero-order chi connectivity index (χ0) is 8.97. The van der Waals surface area contributed by atoms with Crippen LogP contribution in [0, 0.1) is 0 Å². The summed E-state index contributed by atoms with van der Waals surface area (Å²) in [6, 6.07) is 0. The molecule has 0 aliphatic carbocycles. The minimum absolute atomic E-state index is 0.559. The molecular formula is C6H7Br2N3O. The number of nitrogens with one attached hydrogen (secondary N) is 1. The summed E-state index contributed by atoms with van der Waals surface area (Å²) < 4.78 is 1.48. The molecule has 0 saturated heterocycles. The van der Waals surface area contributed by atoms with Gasteiger partial charge >= 0.3 is 0 Å². The van der Waals surface area contributed by atoms with E-state index in [0.717, 1.165) is 10.2 Å². The van der Waals surface area contributed by atoms with Crippen LogP contribution in [0.1, 0.15) is 12.5 Å². The minimum atomic E-state index is 0.559. The highest BCUT2D eigenvalue weighted by molar-refractivity contribution is 9.11. The summed E-state index contributed by atoms with van der Waals surface area (Å²) >= 11 is 6.52. The molecule has 0 aliphatic rings. The van der Waals surface area contributed by atoms with Gasteiger partial charge < -0.3 is 4.84 Å². The standard InChI is InChI=1S/C6H7Br2N3O/c1-2-12-9-3-4-5(7)10-11-6(4)8/h3H,2H2,1H3,(H,10,11)/b9-3+. The van der Waals surface area contributed by atoms with Crippen molar-refractivity contribution in [2.45, 2.75) is 6.92 Å². The lowest BCUT2D eigenvalue weighted by atomic mass is 10.4. The van der Waals surface area contributed by atoms with Crippen molar-refractivity contribution in [2.24, 2.45) is 5.16 Å². The van der Waals surface area contributed by atoms with E-state index in [1.54, 1.807) is 6.21 Å². The molecule has 0 spiro atoms. The first-order valence-corrected chi connectivity index (χ1v) is 4.89. The van der Waals surface area contributed by atoms with Gasteiger partial charge in [-0.15, -0.1) is 0 Å². The van der Waals surface area contributed by atoms with Crippen LogP contribution in [0.4, 0.5) is 0 Å². The van der Waals surface area contributed by atoms with Crippen LogP contribution in [-0.4, -0.2) is 23.0 Å². The first kappa shape index (κ1) is 9.73. The van der Waals surface area contributed by atoms with Gasteiger partial charge in [-0.25, -0.2) is 0 Å². The highest BCUT2D eigenvalue weighted by Crippen LogP contribution is 2.19. The topological polar surface area (TPSA) is 50.3 Å². The highest BCUT2D eigenvalue weighted by atomic mass is 79.9. The number of aromatic amines is 1. The SMILES string of the molecule is CCO/N=C/c1c(Br)n[nH]c1Br. The number of aromatic nitrogens is 2. The number of rotatable bonds is 3. The maximum atomic E-state index is 4.80. The van der Waals surface area contributed by atoms with Crippen LogP contribution >= 0.6 is 31.9 Å². The molecule has 1 N–H and O–H groups in total. The summed E-state index contributed by atoms with van der Waals surface area (Å²) in [5.41, 5.74) is 0.837. The molecule has 1 rings (SSSR count). The Labute approximate surface area is 86.6 Å². The monoisotopic (exact) mass is 295 g/mol. The van der Waals surface area contributed by atoms with E-state index in [1.165, 1.54) is 0 Å². The Morgan fingerprint density at radius 1 is 1.67 bits per heavy atom. The lowest BCUT2D eigenvalue weighted by Crippen LogP contribution is -1.84. The first-order valence-electron chi connectivity index (χ1n) is 3.30. The van der Waals surface area contributed by atoms with E-state index in [0.29, 0.717) is 11.2 Å². The van der Waals surface area contributed by atoms with Crippen molar-refractivity contribution in [3.05, 3.63) is 14.8 Å². The van der Waals surface area contributed by atoms with Crippen molar-refractivity contribution in [3.63, 3.8) is 0 Å². The average molecular weight is 297 g/mol. The average Bonchev–Trinajstić information content (AvgIpc) is 2.35. The summed E-state index contributed by atoms with van der Waals surface area (Å²) in [6.45, 7) is 2.43. The van der Waals surface area contributed by atoms with Gasteiger partial charge in [-0.1, -0.05) is 5.16 Å². The van der Waals surface area contributed by atoms with Crippen molar-refractivity contribution in [1.29, 1.82) is 0 Å². The van der Waals surface area contributed by atoms with Crippen molar-refractivity contribution in [1.82, 2.24) is 10.2 Å². The largest absolute Gasteiger partial charge is 0.396 e. The van der Waals surface area contributed by atoms with Crippen LogP contribution in [0.25, 0.3) is 0 Å². The number of oxime groups is 1. The van der Waals surface area contributed by atoms with Gasteiger partial charge in [0.05, 0.1) is 11.8 Å². The predicted octanol–water partition coefficient (Wildman–Crippen LogP) is 2.31. The van der Waals surface area contributed by atoms with Gasteiger partial charge in [0.2, 0.25) is 0 Å². The molecular weight excluding hydrogens is 290 g/mol. The van der Waals surface area contributed by atoms with Crippen molar-refractivity contribution in [2.75, 3.05) is 6.61 Å². The van der Waals surface area contributed by atoms with E-state index in [2.05, 4.69) is 47.2 Å². The Balaban J connectivity index is 2.73. The third-order valence-electron chi connectivity index (χ3n) is 1.10. The number of nitrogens with zero attached hydrogens (tertiary/aromatic N) is 2. The lowest BCUT2D eigenvalue weighted by molar-refractivity contribution is 0.160. The molecule has 0 atom stereocenters. The fourth-order valence-electron chi connectivity index (χ4n) is 0.584. The van der Waals surface area contributed by atoms with Gasteiger partial charge in [-0.3, -0.25) is 5.10 Å². The molecule has 66 valence electrons. The Kier molecular flexibility index (Phi) is 3.74. The summed E-state index contributed by atoms with van der Waals surface area (Å²) in [5.74, 6) is 0. The zero-order valence-electron chi connectivity index (χ0n) is 6.34. The van der Waals surface area contributed by atoms with E-state index < -0.39 is 0 Å². The highest BCUT2D eigenvalue weighted by Gasteiger charge is 2.05. The fraction of sp³-hybridized carbons (Fsp3) is 0.333. The molecule has 0 aromatic carbocycles. The smallest absolute Gasteiger partial charge is 0.137 e. The molecule has 12 heavy (non-hydrogen) atoms. The third kappa shape index (κ3) is 2.31. The Morgan fingerprint density at radius 3 is 2.92 bits per heavy atom. The summed E-state index contributed by atoms with van der Waals surface area (Å²) in [5, 5.41) is 10.3. The van der Waals surface area contributed by atoms with Crippen molar-refractivity contribution in [3.8, 4) is 0 Å². The zero-order valence-corrected chi connectivity index (χ0v) is 9.52. The van der Waals surface area contributed by atoms with Gasteiger partial charge in [0.1, 0.15) is 15.8 Å². The maximum absolute atomic E-state index is 4.80. The number of hydrogen-bond acceptors (Lipinski definition) is 3. The fourth-order valence-corrected chi connectivity index (χ4v) is 1.62. The number of hydrogen-bond donors (Lipinski definition) is 1. The molecule has 6 heteroatoms. The van der Waals surface area contributed by atoms with Crippen LogP contribution < -0.4 is 0 Å². The van der Waals surface area contributed by atoms with E-state index in [1.807, 2.05) is 6.92 Å². The molecule has 4 nitrogen and oxygen atoms in total. The first-order chi connectivity index (χ1) is 5.75. The molecule has 0 saturated carbocycles. The minimum Gasteiger partial charge on any atom is -0.396 e. The van der Waals surface area contributed by atoms with Gasteiger partial charge in [0, 0.05) is 0 Å². The predicted molar refractivity (Wildman–Crippen MR) is 53.2 cm³/mol. The molecule has 0 aliphatic heterocycles. The Hall–Kier alpha value is -0.360. The molecule has 1 aromatic rings. The molecule has 0 fully saturated rings. The van der Waals surface area contributed by atoms with E-state index in [4.69, 9.17) is 4.84 Å². The van der Waals surface area contributed by atoms with E-state index >= 15 is 0 Å². The van der Waals surface area contributed by atoms with Crippen LogP contribution in [0.5, 0.6) is 0 Å². The van der Waals surface area contributed by atoms with Gasteiger partial charge in [-0.2, -0.15) is 5.10 Å². The molecule has 0 amide bonds. The number of halogens is 2. The van der Waals surface area contributed by atoms with Crippen LogP contribution in [-0.2, 0) is 4.84 Å². The van der Waals surface area contributed by atoms with E-state index in [9.17, 15) is 0 Å². The molecule has 0 bridgehead atoms. The summed E-state index contributed by atoms with van der Waals surface area (Å²) in [4.78, 5) is 4.80. The normalized spacial score (nSPS) is 10.9. The second-order valence-electron chi connectivity index (χ2n) is 1.89. The second kappa shape index (κ2) is 4.61. The van der Waals surface area contributed by atoms with Crippen molar-refractivity contribution >= 4 is 38.1 Å². The third-order valence-corrected chi connectivity index (χ3v) is 2.31. The van der Waals surface area contributed by atoms with Crippen molar-refractivity contribution < 1.29 is 4.84 Å². The Morgan fingerprint density at radius 2 is 2.42 bits per heavy atom. The van der Waals surface area contributed by atoms with E-state index in [-0.39, 0.29) is 0 Å². The second-order valence-corrected chi connectivity index (χ2v) is 3.44. The van der Waals surface area contributed by atoms with Gasteiger partial charge in [-0.05, 0) is 38.8 Å². The molecule has 0 radical (unpaired) electrons. The van der Waals surface area contributed by atoms with Crippen LogP contribution in [0.15, 0.2) is 14.4 Å². The van der Waals surface area contributed by atoms with Crippen LogP contribution in [0.3, 0.4) is 0 Å². The lowest BCUT2D eigenvalue weighted by Gasteiger charge is -1.90. The molecule has 0 unspecified atom stereocenters. The summed E-state index contributed by atoms with van der Waals surface area (Å²) in [7, 11) is 0. The van der Waals surface area contributed by atoms with Gasteiger partial charge in [0.25, 0.3) is 0 Å². The maximum Gasteiger partial charge on any atom is 0.137 e. The molecule has 1 heterocycles. The quantitative estimate of drug-likeness (QED) is 0.687. The Bertz CT molecular complexity index is 265. The van der Waals surface area contributed by atoms with Gasteiger partial charge in [0.15, 0.2) is 0 Å². The van der Waals surface area contributed by atoms with Crippen LogP contribution in [0.2, 0.25) is 0 Å². The molecule has 1 aromatic heterocycles.